The van der Waals surface area contributed by atoms with Crippen molar-refractivity contribution in [1.82, 2.24) is 0 Å². The highest BCUT2D eigenvalue weighted by Gasteiger charge is 2.40. The molecule has 31 heavy (non-hydrogen) atoms. The maximum absolute atomic E-state index is 13.8. The zero-order valence-electron chi connectivity index (χ0n) is 16.5. The molecular weight excluding hydrogens is 415 g/mol. The molecule has 0 bridgehead atoms. The molecule has 1 heterocycles. The standard InChI is InChI=1S/C24H17FN2O3S/c1-15(28)26-18-12-10-16(11-13-18)21-22(31-20-8-3-2-4-9-20)24(30)27(23(21)29)19-7-5-6-17(25)14-19/h2-14H,1H3,(H,26,28). The Morgan fingerprint density at radius 3 is 2.26 bits per heavy atom. The summed E-state index contributed by atoms with van der Waals surface area (Å²) >= 11 is 1.19. The van der Waals surface area contributed by atoms with Gasteiger partial charge in [0.25, 0.3) is 11.8 Å². The minimum atomic E-state index is -0.538. The Morgan fingerprint density at radius 1 is 0.903 bits per heavy atom. The number of nitrogens with zero attached hydrogens (tertiary/aromatic N) is 1. The predicted octanol–water partition coefficient (Wildman–Crippen LogP) is 4.86. The van der Waals surface area contributed by atoms with Crippen LogP contribution in [0.4, 0.5) is 15.8 Å². The number of carbonyl (C=O) groups excluding carboxylic acids is 3. The number of halogens is 1. The van der Waals surface area contributed by atoms with Gasteiger partial charge in [0.15, 0.2) is 0 Å². The maximum Gasteiger partial charge on any atom is 0.272 e. The maximum atomic E-state index is 13.8. The second-order valence-corrected chi connectivity index (χ2v) is 7.89. The number of hydrogen-bond donors (Lipinski definition) is 1. The molecule has 5 nitrogen and oxygen atoms in total. The van der Waals surface area contributed by atoms with Gasteiger partial charge >= 0.3 is 0 Å². The highest BCUT2D eigenvalue weighted by Crippen LogP contribution is 2.41. The van der Waals surface area contributed by atoms with Crippen LogP contribution in [0.2, 0.25) is 0 Å². The van der Waals surface area contributed by atoms with E-state index >= 15 is 0 Å². The van der Waals surface area contributed by atoms with E-state index in [0.29, 0.717) is 11.3 Å². The first-order chi connectivity index (χ1) is 14.9. The monoisotopic (exact) mass is 432 g/mol. The molecule has 0 saturated heterocycles. The molecule has 3 aromatic rings. The molecule has 0 fully saturated rings. The molecule has 0 radical (unpaired) electrons. The highest BCUT2D eigenvalue weighted by molar-refractivity contribution is 8.04. The number of nitrogens with one attached hydrogen (secondary N) is 1. The van der Waals surface area contributed by atoms with E-state index in [2.05, 4.69) is 5.32 Å². The smallest absolute Gasteiger partial charge is 0.272 e. The van der Waals surface area contributed by atoms with Crippen molar-refractivity contribution in [3.63, 3.8) is 0 Å². The number of carbonyl (C=O) groups is 3. The van der Waals surface area contributed by atoms with E-state index < -0.39 is 17.6 Å². The molecule has 1 N–H and O–H groups in total. The Hall–Kier alpha value is -3.71. The summed E-state index contributed by atoms with van der Waals surface area (Å²) in [7, 11) is 0. The molecule has 1 aliphatic rings. The molecule has 0 saturated carbocycles. The second kappa shape index (κ2) is 8.57. The van der Waals surface area contributed by atoms with Gasteiger partial charge in [0, 0.05) is 17.5 Å². The van der Waals surface area contributed by atoms with Gasteiger partial charge in [0.05, 0.1) is 16.2 Å². The molecule has 154 valence electrons. The minimum Gasteiger partial charge on any atom is -0.326 e. The van der Waals surface area contributed by atoms with Crippen LogP contribution in [0.1, 0.15) is 12.5 Å². The third-order valence-electron chi connectivity index (χ3n) is 4.56. The lowest BCUT2D eigenvalue weighted by molar-refractivity contribution is -0.120. The fourth-order valence-electron chi connectivity index (χ4n) is 3.24. The summed E-state index contributed by atoms with van der Waals surface area (Å²) in [5.41, 5.74) is 1.51. The number of anilines is 2. The average Bonchev–Trinajstić information content (AvgIpc) is 2.98. The van der Waals surface area contributed by atoms with Crippen molar-refractivity contribution in [2.75, 3.05) is 10.2 Å². The molecule has 3 aromatic carbocycles. The van der Waals surface area contributed by atoms with E-state index in [-0.39, 0.29) is 22.1 Å². The summed E-state index contributed by atoms with van der Waals surface area (Å²) in [6.45, 7) is 1.40. The van der Waals surface area contributed by atoms with Crippen molar-refractivity contribution < 1.29 is 18.8 Å². The Balaban J connectivity index is 1.78. The summed E-state index contributed by atoms with van der Waals surface area (Å²) in [6, 6.07) is 21.3. The van der Waals surface area contributed by atoms with Crippen molar-refractivity contribution in [1.29, 1.82) is 0 Å². The largest absolute Gasteiger partial charge is 0.326 e. The van der Waals surface area contributed by atoms with Crippen LogP contribution in [-0.4, -0.2) is 17.7 Å². The molecule has 0 spiro atoms. The Morgan fingerprint density at radius 2 is 1.61 bits per heavy atom. The van der Waals surface area contributed by atoms with Gasteiger partial charge in [-0.05, 0) is 48.0 Å². The average molecular weight is 432 g/mol. The quantitative estimate of drug-likeness (QED) is 0.585. The number of hydrogen-bond acceptors (Lipinski definition) is 4. The van der Waals surface area contributed by atoms with E-state index in [1.54, 1.807) is 24.3 Å². The van der Waals surface area contributed by atoms with Gasteiger partial charge in [0.1, 0.15) is 5.82 Å². The lowest BCUT2D eigenvalue weighted by Crippen LogP contribution is -2.31. The number of rotatable bonds is 5. The third-order valence-corrected chi connectivity index (χ3v) is 5.66. The van der Waals surface area contributed by atoms with Crippen LogP contribution in [0, 0.1) is 5.82 Å². The van der Waals surface area contributed by atoms with Crippen molar-refractivity contribution in [3.05, 3.63) is 95.1 Å². The van der Waals surface area contributed by atoms with Crippen LogP contribution in [0.5, 0.6) is 0 Å². The summed E-state index contributed by atoms with van der Waals surface area (Å²) in [4.78, 5) is 39.9. The molecule has 0 unspecified atom stereocenters. The first-order valence-corrected chi connectivity index (χ1v) is 10.3. The first-order valence-electron chi connectivity index (χ1n) is 9.43. The van der Waals surface area contributed by atoms with Gasteiger partial charge < -0.3 is 5.32 Å². The van der Waals surface area contributed by atoms with Gasteiger partial charge in [-0.1, -0.05) is 48.2 Å². The fourth-order valence-corrected chi connectivity index (χ4v) is 4.25. The predicted molar refractivity (Wildman–Crippen MR) is 119 cm³/mol. The van der Waals surface area contributed by atoms with Gasteiger partial charge in [-0.2, -0.15) is 0 Å². The Kier molecular flexibility index (Phi) is 5.68. The molecule has 3 amide bonds. The van der Waals surface area contributed by atoms with Gasteiger partial charge in [-0.15, -0.1) is 0 Å². The number of benzene rings is 3. The van der Waals surface area contributed by atoms with Gasteiger partial charge in [0.2, 0.25) is 5.91 Å². The fraction of sp³-hybridized carbons (Fsp3) is 0.0417. The van der Waals surface area contributed by atoms with E-state index in [0.717, 1.165) is 15.9 Å². The number of amides is 3. The van der Waals surface area contributed by atoms with Crippen LogP contribution in [0.3, 0.4) is 0 Å². The summed E-state index contributed by atoms with van der Waals surface area (Å²) < 4.78 is 13.8. The van der Waals surface area contributed by atoms with Crippen LogP contribution in [-0.2, 0) is 14.4 Å². The van der Waals surface area contributed by atoms with Crippen LogP contribution >= 0.6 is 11.8 Å². The zero-order chi connectivity index (χ0) is 22.0. The third kappa shape index (κ3) is 4.27. The topological polar surface area (TPSA) is 66.5 Å². The number of imide groups is 1. The number of thioether (sulfide) groups is 1. The van der Waals surface area contributed by atoms with E-state index in [4.69, 9.17) is 0 Å². The normalized spacial score (nSPS) is 13.7. The van der Waals surface area contributed by atoms with Gasteiger partial charge in [-0.25, -0.2) is 9.29 Å². The van der Waals surface area contributed by atoms with Crippen molar-refractivity contribution in [3.8, 4) is 0 Å². The zero-order valence-corrected chi connectivity index (χ0v) is 17.3. The lowest BCUT2D eigenvalue weighted by atomic mass is 10.1. The second-order valence-electron chi connectivity index (χ2n) is 6.80. The van der Waals surface area contributed by atoms with E-state index in [1.807, 2.05) is 30.3 Å². The van der Waals surface area contributed by atoms with Crippen molar-refractivity contribution >= 4 is 46.4 Å². The summed E-state index contributed by atoms with van der Waals surface area (Å²) in [5.74, 6) is -1.79. The summed E-state index contributed by atoms with van der Waals surface area (Å²) in [5, 5.41) is 2.67. The molecule has 0 atom stereocenters. The first kappa shape index (κ1) is 20.6. The summed E-state index contributed by atoms with van der Waals surface area (Å²) in [6.07, 6.45) is 0. The van der Waals surface area contributed by atoms with Crippen molar-refractivity contribution in [2.24, 2.45) is 0 Å². The molecule has 7 heteroatoms. The van der Waals surface area contributed by atoms with E-state index in [1.165, 1.54) is 36.9 Å². The Bertz CT molecular complexity index is 1210. The van der Waals surface area contributed by atoms with Gasteiger partial charge in [-0.3, -0.25) is 14.4 Å². The lowest BCUT2D eigenvalue weighted by Gasteiger charge is -2.15. The van der Waals surface area contributed by atoms with Crippen LogP contribution < -0.4 is 10.2 Å². The van der Waals surface area contributed by atoms with E-state index in [9.17, 15) is 18.8 Å². The molecule has 0 aromatic heterocycles. The minimum absolute atomic E-state index is 0.172. The van der Waals surface area contributed by atoms with Crippen molar-refractivity contribution in [2.45, 2.75) is 11.8 Å². The van der Waals surface area contributed by atoms with Crippen LogP contribution in [0.15, 0.2) is 88.7 Å². The molecular formula is C24H17FN2O3S. The molecule has 4 rings (SSSR count). The molecule has 0 aliphatic carbocycles. The highest BCUT2D eigenvalue weighted by atomic mass is 32.2. The molecule has 1 aliphatic heterocycles. The van der Waals surface area contributed by atoms with Crippen LogP contribution in [0.25, 0.3) is 5.57 Å². The Labute approximate surface area is 182 Å². The SMILES string of the molecule is CC(=O)Nc1ccc(C2=C(Sc3ccccc3)C(=O)N(c3cccc(F)c3)C2=O)cc1.